The van der Waals surface area contributed by atoms with Gasteiger partial charge in [-0.05, 0) is 6.92 Å². The Kier molecular flexibility index (Phi) is 3.63. The second-order valence-corrected chi connectivity index (χ2v) is 3.55. The van der Waals surface area contributed by atoms with Crippen LogP contribution in [0.15, 0.2) is 6.20 Å². The van der Waals surface area contributed by atoms with Crippen LogP contribution in [0.3, 0.4) is 0 Å². The van der Waals surface area contributed by atoms with Gasteiger partial charge in [0.15, 0.2) is 0 Å². The van der Waals surface area contributed by atoms with E-state index in [0.717, 1.165) is 5.01 Å². The number of rotatable bonds is 3. The summed E-state index contributed by atoms with van der Waals surface area (Å²) in [6, 6.07) is -0.402. The Bertz CT molecular complexity index is 289. The molecule has 0 aliphatic carbocycles. The molecular formula is C7H10FN3OS. The van der Waals surface area contributed by atoms with E-state index in [4.69, 9.17) is 0 Å². The summed E-state index contributed by atoms with van der Waals surface area (Å²) in [5.41, 5.74) is 0. The van der Waals surface area contributed by atoms with Crippen LogP contribution in [0.2, 0.25) is 0 Å². The van der Waals surface area contributed by atoms with Gasteiger partial charge in [-0.15, -0.1) is 11.3 Å². The molecule has 0 unspecified atom stereocenters. The number of halogens is 1. The minimum Gasteiger partial charge on any atom is -0.335 e. The van der Waals surface area contributed by atoms with E-state index in [0.29, 0.717) is 5.00 Å². The fourth-order valence-electron chi connectivity index (χ4n) is 0.736. The third kappa shape index (κ3) is 3.37. The second-order valence-electron chi connectivity index (χ2n) is 2.31. The van der Waals surface area contributed by atoms with Crippen LogP contribution in [-0.4, -0.2) is 24.2 Å². The quantitative estimate of drug-likeness (QED) is 0.783. The van der Waals surface area contributed by atoms with Gasteiger partial charge in [-0.25, -0.2) is 14.2 Å². The Hall–Kier alpha value is -1.17. The molecule has 0 saturated heterocycles. The number of alkyl halides is 1. The Morgan fingerprint density at radius 3 is 3.08 bits per heavy atom. The molecule has 2 N–H and O–H groups in total. The highest BCUT2D eigenvalue weighted by atomic mass is 32.1. The van der Waals surface area contributed by atoms with E-state index in [-0.39, 0.29) is 6.54 Å². The van der Waals surface area contributed by atoms with Gasteiger partial charge in [0.1, 0.15) is 11.7 Å². The summed E-state index contributed by atoms with van der Waals surface area (Å²) < 4.78 is 11.6. The zero-order chi connectivity index (χ0) is 9.68. The summed E-state index contributed by atoms with van der Waals surface area (Å²) in [5, 5.41) is 6.42. The van der Waals surface area contributed by atoms with Gasteiger partial charge >= 0.3 is 6.03 Å². The van der Waals surface area contributed by atoms with Crippen molar-refractivity contribution in [3.8, 4) is 0 Å². The van der Waals surface area contributed by atoms with E-state index < -0.39 is 12.7 Å². The van der Waals surface area contributed by atoms with E-state index >= 15 is 0 Å². The van der Waals surface area contributed by atoms with Gasteiger partial charge in [0, 0.05) is 6.54 Å². The zero-order valence-corrected chi connectivity index (χ0v) is 7.95. The summed E-state index contributed by atoms with van der Waals surface area (Å²) in [6.07, 6.45) is 1.56. The Morgan fingerprint density at radius 1 is 1.77 bits per heavy atom. The largest absolute Gasteiger partial charge is 0.335 e. The van der Waals surface area contributed by atoms with Crippen LogP contribution in [0.25, 0.3) is 0 Å². The van der Waals surface area contributed by atoms with E-state index in [1.807, 2.05) is 6.92 Å². The number of urea groups is 1. The predicted octanol–water partition coefficient (Wildman–Crippen LogP) is 1.54. The molecule has 0 spiro atoms. The van der Waals surface area contributed by atoms with Crippen molar-refractivity contribution in [1.82, 2.24) is 10.3 Å². The molecule has 1 aromatic heterocycles. The first-order valence-electron chi connectivity index (χ1n) is 3.75. The molecule has 0 aliphatic heterocycles. The molecule has 1 rings (SSSR count). The Labute approximate surface area is 79.2 Å². The molecule has 13 heavy (non-hydrogen) atoms. The van der Waals surface area contributed by atoms with Gasteiger partial charge in [-0.2, -0.15) is 0 Å². The van der Waals surface area contributed by atoms with Gasteiger partial charge in [0.05, 0.1) is 11.2 Å². The number of amides is 2. The minimum absolute atomic E-state index is 0.0314. The molecule has 0 aliphatic rings. The number of nitrogens with zero attached hydrogens (tertiary/aromatic N) is 1. The molecule has 2 amide bonds. The molecule has 6 heteroatoms. The maximum absolute atomic E-state index is 11.6. The Morgan fingerprint density at radius 2 is 2.54 bits per heavy atom. The number of aromatic nitrogens is 1. The second kappa shape index (κ2) is 4.76. The van der Waals surface area contributed by atoms with Crippen molar-refractivity contribution in [1.29, 1.82) is 0 Å². The number of aryl methyl sites for hydroxylation is 1. The molecule has 0 radical (unpaired) electrons. The zero-order valence-electron chi connectivity index (χ0n) is 7.13. The lowest BCUT2D eigenvalue weighted by atomic mass is 10.7. The maximum atomic E-state index is 11.6. The van der Waals surface area contributed by atoms with Crippen LogP contribution >= 0.6 is 11.3 Å². The number of nitrogens with one attached hydrogen (secondary N) is 2. The van der Waals surface area contributed by atoms with Crippen molar-refractivity contribution in [2.45, 2.75) is 6.92 Å². The first-order valence-corrected chi connectivity index (χ1v) is 4.57. The van der Waals surface area contributed by atoms with E-state index in [1.165, 1.54) is 11.3 Å². The van der Waals surface area contributed by atoms with E-state index in [9.17, 15) is 9.18 Å². The fourth-order valence-corrected chi connectivity index (χ4v) is 1.41. The number of thiazole rings is 1. The number of hydrogen-bond acceptors (Lipinski definition) is 3. The van der Waals surface area contributed by atoms with E-state index in [1.54, 1.807) is 6.20 Å². The molecule has 72 valence electrons. The first-order chi connectivity index (χ1) is 6.22. The summed E-state index contributed by atoms with van der Waals surface area (Å²) >= 11 is 1.37. The minimum atomic E-state index is -0.560. The first kappa shape index (κ1) is 9.91. The topological polar surface area (TPSA) is 54.0 Å². The number of carbonyl (C=O) groups excluding carboxylic acids is 1. The molecule has 4 nitrogen and oxygen atoms in total. The number of carbonyl (C=O) groups is 1. The summed E-state index contributed by atoms with van der Waals surface area (Å²) in [4.78, 5) is 14.9. The van der Waals surface area contributed by atoms with Crippen LogP contribution in [0.1, 0.15) is 5.01 Å². The van der Waals surface area contributed by atoms with Crippen LogP contribution in [0.4, 0.5) is 14.2 Å². The van der Waals surface area contributed by atoms with Crippen molar-refractivity contribution in [2.75, 3.05) is 18.5 Å². The molecule has 0 fully saturated rings. The van der Waals surface area contributed by atoms with Crippen molar-refractivity contribution >= 4 is 22.4 Å². The van der Waals surface area contributed by atoms with Crippen LogP contribution in [-0.2, 0) is 0 Å². The van der Waals surface area contributed by atoms with Crippen LogP contribution < -0.4 is 10.6 Å². The number of anilines is 1. The molecular weight excluding hydrogens is 193 g/mol. The lowest BCUT2D eigenvalue weighted by Crippen LogP contribution is -2.29. The molecule has 1 heterocycles. The van der Waals surface area contributed by atoms with Gasteiger partial charge in [0.2, 0.25) is 0 Å². The van der Waals surface area contributed by atoms with Gasteiger partial charge < -0.3 is 5.32 Å². The van der Waals surface area contributed by atoms with Crippen molar-refractivity contribution < 1.29 is 9.18 Å². The highest BCUT2D eigenvalue weighted by Gasteiger charge is 2.02. The van der Waals surface area contributed by atoms with Crippen molar-refractivity contribution in [2.24, 2.45) is 0 Å². The lowest BCUT2D eigenvalue weighted by molar-refractivity contribution is 0.251. The van der Waals surface area contributed by atoms with Crippen molar-refractivity contribution in [3.63, 3.8) is 0 Å². The standard InChI is InChI=1S/C7H10FN3OS/c1-5-10-4-6(13-5)11-7(12)9-3-2-8/h4H,2-3H2,1H3,(H2,9,11,12). The van der Waals surface area contributed by atoms with E-state index in [2.05, 4.69) is 15.6 Å². The molecule has 0 bridgehead atoms. The average Bonchev–Trinajstić information content (AvgIpc) is 2.48. The van der Waals surface area contributed by atoms with Gasteiger partial charge in [0.25, 0.3) is 0 Å². The third-order valence-electron chi connectivity index (χ3n) is 1.24. The summed E-state index contributed by atoms with van der Waals surface area (Å²) in [7, 11) is 0. The highest BCUT2D eigenvalue weighted by Crippen LogP contribution is 2.16. The smallest absolute Gasteiger partial charge is 0.319 e. The molecule has 0 saturated carbocycles. The fraction of sp³-hybridized carbons (Fsp3) is 0.429. The normalized spacial score (nSPS) is 9.69. The van der Waals surface area contributed by atoms with Crippen LogP contribution in [0, 0.1) is 6.92 Å². The maximum Gasteiger partial charge on any atom is 0.319 e. The molecule has 1 aromatic rings. The average molecular weight is 203 g/mol. The monoisotopic (exact) mass is 203 g/mol. The third-order valence-corrected chi connectivity index (χ3v) is 2.07. The molecule has 0 aromatic carbocycles. The lowest BCUT2D eigenvalue weighted by Gasteiger charge is -2.01. The number of hydrogen-bond donors (Lipinski definition) is 2. The van der Waals surface area contributed by atoms with Gasteiger partial charge in [-0.3, -0.25) is 5.32 Å². The Balaban J connectivity index is 2.36. The summed E-state index contributed by atoms with van der Waals surface area (Å²) in [6.45, 7) is 1.31. The van der Waals surface area contributed by atoms with Crippen molar-refractivity contribution in [3.05, 3.63) is 11.2 Å². The summed E-state index contributed by atoms with van der Waals surface area (Å²) in [5.74, 6) is 0. The van der Waals surface area contributed by atoms with Crippen LogP contribution in [0.5, 0.6) is 0 Å². The molecule has 0 atom stereocenters. The highest BCUT2D eigenvalue weighted by molar-refractivity contribution is 7.15. The SMILES string of the molecule is Cc1ncc(NC(=O)NCCF)s1. The predicted molar refractivity (Wildman–Crippen MR) is 49.8 cm³/mol. The van der Waals surface area contributed by atoms with Gasteiger partial charge in [-0.1, -0.05) is 0 Å².